The van der Waals surface area contributed by atoms with E-state index >= 15 is 0 Å². The minimum absolute atomic E-state index is 0.0423. The summed E-state index contributed by atoms with van der Waals surface area (Å²) in [6.07, 6.45) is 0.873. The number of aryl methyl sites for hydroxylation is 2. The number of carbonyl (C=O) groups is 1. The van der Waals surface area contributed by atoms with Gasteiger partial charge in [0.2, 0.25) is 0 Å². The summed E-state index contributed by atoms with van der Waals surface area (Å²) in [7, 11) is 3.39. The lowest BCUT2D eigenvalue weighted by atomic mass is 10.1. The molecular formula is C26H36N4O5. The van der Waals surface area contributed by atoms with Crippen LogP contribution in [0.15, 0.2) is 35.3 Å². The highest BCUT2D eigenvalue weighted by molar-refractivity contribution is 5.81. The van der Waals surface area contributed by atoms with E-state index < -0.39 is 23.7 Å². The number of ether oxygens (including phenoxy) is 2. The van der Waals surface area contributed by atoms with E-state index in [1.807, 2.05) is 24.3 Å². The molecule has 9 nitrogen and oxygen atoms in total. The van der Waals surface area contributed by atoms with E-state index in [0.717, 1.165) is 28.0 Å². The second-order valence-corrected chi connectivity index (χ2v) is 9.86. The average Bonchev–Trinajstić information content (AvgIpc) is 3.12. The third-order valence-electron chi connectivity index (χ3n) is 5.62. The number of hydrogen-bond donors (Lipinski definition) is 2. The summed E-state index contributed by atoms with van der Waals surface area (Å²) in [6.45, 7) is 10.2. The predicted octanol–water partition coefficient (Wildman–Crippen LogP) is 2.54. The smallest absolute Gasteiger partial charge is 0.326 e. The fourth-order valence-electron chi connectivity index (χ4n) is 3.96. The van der Waals surface area contributed by atoms with Crippen molar-refractivity contribution in [3.8, 4) is 11.4 Å². The van der Waals surface area contributed by atoms with Crippen LogP contribution in [-0.4, -0.2) is 56.7 Å². The Morgan fingerprint density at radius 2 is 1.97 bits per heavy atom. The van der Waals surface area contributed by atoms with Crippen molar-refractivity contribution in [2.24, 2.45) is 7.05 Å². The molecule has 190 valence electrons. The monoisotopic (exact) mass is 484 g/mol. The van der Waals surface area contributed by atoms with Crippen LogP contribution >= 0.6 is 0 Å². The Bertz CT molecular complexity index is 1230. The van der Waals surface area contributed by atoms with E-state index in [9.17, 15) is 14.7 Å². The topological polar surface area (TPSA) is 108 Å². The number of imidazole rings is 1. The molecule has 2 N–H and O–H groups in total. The number of fused-ring (bicyclic) bond motifs is 1. The molecule has 0 fully saturated rings. The molecule has 3 aromatic rings. The number of rotatable bonds is 9. The normalized spacial score (nSPS) is 13.7. The molecule has 9 heteroatoms. The molecule has 2 aromatic heterocycles. The lowest BCUT2D eigenvalue weighted by Crippen LogP contribution is -2.47. The van der Waals surface area contributed by atoms with Crippen LogP contribution in [0, 0.1) is 6.92 Å². The van der Waals surface area contributed by atoms with Crippen LogP contribution in [0.5, 0.6) is 0 Å². The van der Waals surface area contributed by atoms with Gasteiger partial charge in [-0.2, -0.15) is 0 Å². The quantitative estimate of drug-likeness (QED) is 0.450. The minimum Gasteiger partial charge on any atom is -0.459 e. The van der Waals surface area contributed by atoms with Gasteiger partial charge in [0.05, 0.1) is 23.7 Å². The van der Waals surface area contributed by atoms with Gasteiger partial charge in [-0.1, -0.05) is 6.07 Å². The Labute approximate surface area is 205 Å². The number of nitrogens with one attached hydrogen (secondary N) is 1. The van der Waals surface area contributed by atoms with E-state index in [2.05, 4.69) is 9.88 Å². The first-order valence-electron chi connectivity index (χ1n) is 11.7. The zero-order valence-electron chi connectivity index (χ0n) is 21.6. The molecular weight excluding hydrogens is 448 g/mol. The Balaban J connectivity index is 1.93. The summed E-state index contributed by atoms with van der Waals surface area (Å²) in [4.78, 5) is 29.6. The van der Waals surface area contributed by atoms with Gasteiger partial charge in [0, 0.05) is 44.6 Å². The van der Waals surface area contributed by atoms with Gasteiger partial charge in [-0.05, 0) is 58.4 Å². The lowest BCUT2D eigenvalue weighted by molar-refractivity contribution is -0.160. The highest BCUT2D eigenvalue weighted by atomic mass is 16.6. The number of benzene rings is 1. The molecule has 0 spiro atoms. The molecule has 2 heterocycles. The van der Waals surface area contributed by atoms with E-state index in [1.165, 1.54) is 0 Å². The highest BCUT2D eigenvalue weighted by Gasteiger charge is 2.28. The molecule has 0 radical (unpaired) electrons. The van der Waals surface area contributed by atoms with Crippen LogP contribution in [-0.2, 0) is 34.4 Å². The molecule has 0 aliphatic rings. The summed E-state index contributed by atoms with van der Waals surface area (Å²) in [5.41, 5.74) is 3.43. The molecule has 3 rings (SSSR count). The van der Waals surface area contributed by atoms with Gasteiger partial charge < -0.3 is 23.7 Å². The summed E-state index contributed by atoms with van der Waals surface area (Å²) >= 11 is 0. The molecule has 0 saturated heterocycles. The minimum atomic E-state index is -0.915. The molecule has 2 atom stereocenters. The zero-order chi connectivity index (χ0) is 25.9. The number of aliphatic hydroxyl groups is 1. The molecule has 0 aliphatic heterocycles. The first-order chi connectivity index (χ1) is 16.4. The lowest BCUT2D eigenvalue weighted by Gasteiger charge is -2.26. The molecule has 0 amide bonds. The van der Waals surface area contributed by atoms with Crippen molar-refractivity contribution in [2.45, 2.75) is 65.5 Å². The van der Waals surface area contributed by atoms with Gasteiger partial charge in [-0.3, -0.25) is 14.9 Å². The number of aliphatic hydroxyl groups excluding tert-OH is 1. The van der Waals surface area contributed by atoms with Crippen molar-refractivity contribution in [1.82, 2.24) is 19.4 Å². The Morgan fingerprint density at radius 3 is 2.57 bits per heavy atom. The van der Waals surface area contributed by atoms with Crippen LogP contribution in [0.4, 0.5) is 0 Å². The third kappa shape index (κ3) is 6.36. The Kier molecular flexibility index (Phi) is 8.15. The first-order valence-corrected chi connectivity index (χ1v) is 11.7. The molecule has 0 bridgehead atoms. The molecule has 1 aromatic carbocycles. The fourth-order valence-corrected chi connectivity index (χ4v) is 3.96. The second kappa shape index (κ2) is 10.7. The van der Waals surface area contributed by atoms with E-state index in [-0.39, 0.29) is 5.56 Å². The number of esters is 1. The van der Waals surface area contributed by atoms with Crippen LogP contribution in [0.3, 0.4) is 0 Å². The van der Waals surface area contributed by atoms with Gasteiger partial charge in [-0.25, -0.2) is 4.98 Å². The zero-order valence-corrected chi connectivity index (χ0v) is 21.6. The van der Waals surface area contributed by atoms with Crippen LogP contribution in [0.25, 0.3) is 22.4 Å². The van der Waals surface area contributed by atoms with Gasteiger partial charge in [0.1, 0.15) is 17.5 Å². The third-order valence-corrected chi connectivity index (χ3v) is 5.62. The van der Waals surface area contributed by atoms with Crippen molar-refractivity contribution >= 4 is 17.0 Å². The summed E-state index contributed by atoms with van der Waals surface area (Å²) in [5, 5.41) is 13.2. The van der Waals surface area contributed by atoms with E-state index in [4.69, 9.17) is 14.5 Å². The van der Waals surface area contributed by atoms with Crippen molar-refractivity contribution in [3.63, 3.8) is 0 Å². The number of pyridine rings is 1. The number of hydrogen-bond acceptors (Lipinski definition) is 7. The van der Waals surface area contributed by atoms with Crippen molar-refractivity contribution in [3.05, 3.63) is 51.9 Å². The maximum absolute atomic E-state index is 12.5. The molecule has 2 unspecified atom stereocenters. The summed E-state index contributed by atoms with van der Waals surface area (Å²) < 4.78 is 14.4. The average molecular weight is 485 g/mol. The standard InChI is InChI=1S/C26H36N4O5/c1-16-12-19(15-29(6)24(16)32)23-28-20-13-18(8-9-21(20)30(23)10-11-34-7)14-27-22(17(2)31)25(33)35-26(3,4)5/h8-9,12-13,15,17,22,27,31H,10-11,14H2,1-7H3. The van der Waals surface area contributed by atoms with Crippen LogP contribution in [0.1, 0.15) is 38.8 Å². The number of methoxy groups -OCH3 is 1. The maximum atomic E-state index is 12.5. The van der Waals surface area contributed by atoms with Gasteiger partial charge in [0.15, 0.2) is 0 Å². The predicted molar refractivity (Wildman–Crippen MR) is 135 cm³/mol. The highest BCUT2D eigenvalue weighted by Crippen LogP contribution is 2.26. The van der Waals surface area contributed by atoms with Crippen molar-refractivity contribution in [1.29, 1.82) is 0 Å². The fraction of sp³-hybridized carbons (Fsp3) is 0.500. The van der Waals surface area contributed by atoms with Crippen LogP contribution < -0.4 is 10.9 Å². The summed E-state index contributed by atoms with van der Waals surface area (Å²) in [5.74, 6) is 0.251. The second-order valence-electron chi connectivity index (χ2n) is 9.86. The van der Waals surface area contributed by atoms with E-state index in [1.54, 1.807) is 59.5 Å². The largest absolute Gasteiger partial charge is 0.459 e. The Hall–Kier alpha value is -3.01. The van der Waals surface area contributed by atoms with Crippen molar-refractivity contribution < 1.29 is 19.4 Å². The summed E-state index contributed by atoms with van der Waals surface area (Å²) in [6, 6.07) is 6.90. The van der Waals surface area contributed by atoms with Crippen LogP contribution in [0.2, 0.25) is 0 Å². The number of aromatic nitrogens is 3. The number of carbonyl (C=O) groups excluding carboxylic acids is 1. The maximum Gasteiger partial charge on any atom is 0.326 e. The van der Waals surface area contributed by atoms with Crippen molar-refractivity contribution in [2.75, 3.05) is 13.7 Å². The van der Waals surface area contributed by atoms with Gasteiger partial charge >= 0.3 is 5.97 Å². The van der Waals surface area contributed by atoms with Gasteiger partial charge in [-0.15, -0.1) is 0 Å². The molecule has 0 saturated carbocycles. The van der Waals surface area contributed by atoms with Gasteiger partial charge in [0.25, 0.3) is 5.56 Å². The first kappa shape index (κ1) is 26.6. The SMILES string of the molecule is COCCn1c(-c2cc(C)c(=O)n(C)c2)nc2cc(CNC(C(=O)OC(C)(C)C)C(C)O)ccc21. The van der Waals surface area contributed by atoms with E-state index in [0.29, 0.717) is 25.3 Å². The Morgan fingerprint density at radius 1 is 1.26 bits per heavy atom. The number of nitrogens with zero attached hydrogens (tertiary/aromatic N) is 3. The molecule has 0 aliphatic carbocycles. The molecule has 35 heavy (non-hydrogen) atoms.